The molecule has 0 atom stereocenters. The zero-order valence-electron chi connectivity index (χ0n) is 15.4. The number of sulfonamides is 1. The van der Waals surface area contributed by atoms with Crippen LogP contribution >= 0.6 is 0 Å². The Bertz CT molecular complexity index is 896. The Morgan fingerprint density at radius 3 is 2.41 bits per heavy atom. The molecular formula is C19H23FN2O4S. The van der Waals surface area contributed by atoms with Crippen LogP contribution in [0.5, 0.6) is 11.5 Å². The fourth-order valence-electron chi connectivity index (χ4n) is 3.15. The van der Waals surface area contributed by atoms with E-state index in [9.17, 15) is 12.8 Å². The van der Waals surface area contributed by atoms with Crippen molar-refractivity contribution >= 4 is 10.0 Å². The molecular weight excluding hydrogens is 371 g/mol. The third kappa shape index (κ3) is 4.40. The van der Waals surface area contributed by atoms with Crippen molar-refractivity contribution in [2.45, 2.75) is 11.4 Å². The summed E-state index contributed by atoms with van der Waals surface area (Å²) in [6, 6.07) is 11.3. The molecule has 1 fully saturated rings. The van der Waals surface area contributed by atoms with Gasteiger partial charge in [-0.1, -0.05) is 12.1 Å². The van der Waals surface area contributed by atoms with Crippen LogP contribution in [0.4, 0.5) is 4.39 Å². The average molecular weight is 394 g/mol. The van der Waals surface area contributed by atoms with Gasteiger partial charge in [-0.05, 0) is 35.9 Å². The fourth-order valence-corrected chi connectivity index (χ4v) is 4.74. The van der Waals surface area contributed by atoms with Crippen molar-refractivity contribution in [2.75, 3.05) is 40.4 Å². The number of piperazine rings is 1. The molecule has 146 valence electrons. The maximum atomic E-state index is 13.6. The monoisotopic (exact) mass is 394 g/mol. The van der Waals surface area contributed by atoms with Crippen LogP contribution in [0.2, 0.25) is 0 Å². The lowest BCUT2D eigenvalue weighted by atomic mass is 10.2. The lowest BCUT2D eigenvalue weighted by molar-refractivity contribution is 0.181. The highest BCUT2D eigenvalue weighted by Gasteiger charge is 2.31. The van der Waals surface area contributed by atoms with E-state index in [1.807, 2.05) is 24.3 Å². The van der Waals surface area contributed by atoms with Crippen LogP contribution < -0.4 is 9.47 Å². The van der Waals surface area contributed by atoms with Gasteiger partial charge in [-0.3, -0.25) is 4.90 Å². The maximum absolute atomic E-state index is 13.6. The number of ether oxygens (including phenoxy) is 2. The van der Waals surface area contributed by atoms with Crippen molar-refractivity contribution < 1.29 is 22.3 Å². The molecule has 2 aromatic rings. The minimum atomic E-state index is -3.81. The van der Waals surface area contributed by atoms with E-state index in [0.717, 1.165) is 17.4 Å². The van der Waals surface area contributed by atoms with Crippen molar-refractivity contribution in [3.8, 4) is 11.5 Å². The highest BCUT2D eigenvalue weighted by Crippen LogP contribution is 2.28. The molecule has 0 N–H and O–H groups in total. The molecule has 0 bridgehead atoms. The summed E-state index contributed by atoms with van der Waals surface area (Å²) >= 11 is 0. The van der Waals surface area contributed by atoms with Crippen LogP contribution in [0.25, 0.3) is 0 Å². The maximum Gasteiger partial charge on any atom is 0.246 e. The second kappa shape index (κ2) is 8.24. The summed E-state index contributed by atoms with van der Waals surface area (Å²) in [6.07, 6.45) is 0. The third-order valence-electron chi connectivity index (χ3n) is 4.62. The lowest BCUT2D eigenvalue weighted by Gasteiger charge is -2.34. The standard InChI is InChI=1S/C19H23FN2O4S/c1-25-17-5-3-4-15(12-17)14-21-8-10-22(11-9-21)27(23,24)19-13-16(20)6-7-18(19)26-2/h3-7,12-13H,8-11,14H2,1-2H3. The smallest absolute Gasteiger partial charge is 0.246 e. The summed E-state index contributed by atoms with van der Waals surface area (Å²) in [6.45, 7) is 2.58. The van der Waals surface area contributed by atoms with E-state index in [1.54, 1.807) is 7.11 Å². The first-order valence-electron chi connectivity index (χ1n) is 8.63. The number of nitrogens with zero attached hydrogens (tertiary/aromatic N) is 2. The van der Waals surface area contributed by atoms with Crippen LogP contribution in [0, 0.1) is 5.82 Å². The Morgan fingerprint density at radius 2 is 1.74 bits per heavy atom. The second-order valence-electron chi connectivity index (χ2n) is 6.33. The Morgan fingerprint density at radius 1 is 1.00 bits per heavy atom. The zero-order chi connectivity index (χ0) is 19.4. The summed E-state index contributed by atoms with van der Waals surface area (Å²) in [4.78, 5) is 2.05. The van der Waals surface area contributed by atoms with E-state index >= 15 is 0 Å². The highest BCUT2D eigenvalue weighted by molar-refractivity contribution is 7.89. The molecule has 0 radical (unpaired) electrons. The van der Waals surface area contributed by atoms with Crippen LogP contribution in [0.1, 0.15) is 5.56 Å². The second-order valence-corrected chi connectivity index (χ2v) is 8.23. The highest BCUT2D eigenvalue weighted by atomic mass is 32.2. The molecule has 2 aromatic carbocycles. The summed E-state index contributed by atoms with van der Waals surface area (Å²) in [5, 5.41) is 0. The van der Waals surface area contributed by atoms with Crippen molar-refractivity contribution in [2.24, 2.45) is 0 Å². The summed E-state index contributed by atoms with van der Waals surface area (Å²) < 4.78 is 51.1. The molecule has 0 spiro atoms. The first-order valence-corrected chi connectivity index (χ1v) is 10.1. The number of hydrogen-bond acceptors (Lipinski definition) is 5. The predicted octanol–water partition coefficient (Wildman–Crippen LogP) is 2.35. The van der Waals surface area contributed by atoms with E-state index in [-0.39, 0.29) is 10.6 Å². The van der Waals surface area contributed by atoms with Crippen molar-refractivity contribution in [3.63, 3.8) is 0 Å². The first-order chi connectivity index (χ1) is 12.9. The quantitative estimate of drug-likeness (QED) is 0.753. The molecule has 0 aromatic heterocycles. The van der Waals surface area contributed by atoms with Gasteiger partial charge in [-0.2, -0.15) is 4.31 Å². The number of halogens is 1. The van der Waals surface area contributed by atoms with Gasteiger partial charge >= 0.3 is 0 Å². The van der Waals surface area contributed by atoms with E-state index in [1.165, 1.54) is 23.5 Å². The van der Waals surface area contributed by atoms with Crippen molar-refractivity contribution in [3.05, 3.63) is 53.8 Å². The molecule has 3 rings (SSSR count). The largest absolute Gasteiger partial charge is 0.497 e. The van der Waals surface area contributed by atoms with Gasteiger partial charge in [0.15, 0.2) is 0 Å². The Labute approximate surface area is 159 Å². The first kappa shape index (κ1) is 19.6. The van der Waals surface area contributed by atoms with Crippen molar-refractivity contribution in [1.82, 2.24) is 9.21 Å². The van der Waals surface area contributed by atoms with Crippen LogP contribution in [-0.4, -0.2) is 58.0 Å². The summed E-state index contributed by atoms with van der Waals surface area (Å²) in [5.74, 6) is 0.341. The minimum Gasteiger partial charge on any atom is -0.497 e. The summed E-state index contributed by atoms with van der Waals surface area (Å²) in [5.41, 5.74) is 1.11. The number of hydrogen-bond donors (Lipinski definition) is 0. The van der Waals surface area contributed by atoms with Gasteiger partial charge < -0.3 is 9.47 Å². The molecule has 0 saturated carbocycles. The Hall–Kier alpha value is -2.16. The van der Waals surface area contributed by atoms with Gasteiger partial charge in [-0.25, -0.2) is 12.8 Å². The third-order valence-corrected chi connectivity index (χ3v) is 6.53. The van der Waals surface area contributed by atoms with Gasteiger partial charge in [0.05, 0.1) is 14.2 Å². The van der Waals surface area contributed by atoms with E-state index in [2.05, 4.69) is 4.90 Å². The zero-order valence-corrected chi connectivity index (χ0v) is 16.2. The Kier molecular flexibility index (Phi) is 5.98. The van der Waals surface area contributed by atoms with Crippen LogP contribution in [-0.2, 0) is 16.6 Å². The van der Waals surface area contributed by atoms with E-state index in [4.69, 9.17) is 9.47 Å². The molecule has 1 aliphatic rings. The number of benzene rings is 2. The van der Waals surface area contributed by atoms with Gasteiger partial charge in [0.25, 0.3) is 0 Å². The summed E-state index contributed by atoms with van der Waals surface area (Å²) in [7, 11) is -0.811. The van der Waals surface area contributed by atoms with Crippen LogP contribution in [0.15, 0.2) is 47.4 Å². The van der Waals surface area contributed by atoms with Gasteiger partial charge in [0.1, 0.15) is 22.2 Å². The van der Waals surface area contributed by atoms with Crippen molar-refractivity contribution in [1.29, 1.82) is 0 Å². The molecule has 0 amide bonds. The van der Waals surface area contributed by atoms with E-state index in [0.29, 0.717) is 32.7 Å². The lowest BCUT2D eigenvalue weighted by Crippen LogP contribution is -2.48. The van der Waals surface area contributed by atoms with Gasteiger partial charge in [0, 0.05) is 32.7 Å². The molecule has 8 heteroatoms. The molecule has 0 unspecified atom stereocenters. The van der Waals surface area contributed by atoms with Crippen LogP contribution in [0.3, 0.4) is 0 Å². The molecule has 1 aliphatic heterocycles. The van der Waals surface area contributed by atoms with Gasteiger partial charge in [0.2, 0.25) is 10.0 Å². The topological polar surface area (TPSA) is 59.1 Å². The molecule has 1 heterocycles. The van der Waals surface area contributed by atoms with Gasteiger partial charge in [-0.15, -0.1) is 0 Å². The molecule has 1 saturated heterocycles. The SMILES string of the molecule is COc1cccc(CN2CCN(S(=O)(=O)c3cc(F)ccc3OC)CC2)c1. The molecule has 0 aliphatic carbocycles. The normalized spacial score (nSPS) is 16.3. The van der Waals surface area contributed by atoms with E-state index < -0.39 is 15.8 Å². The average Bonchev–Trinajstić information content (AvgIpc) is 2.68. The molecule has 27 heavy (non-hydrogen) atoms. The number of rotatable bonds is 6. The fraction of sp³-hybridized carbons (Fsp3) is 0.368. The predicted molar refractivity (Wildman–Crippen MR) is 100.0 cm³/mol. The Balaban J connectivity index is 1.68. The molecule has 6 nitrogen and oxygen atoms in total. The minimum absolute atomic E-state index is 0.133. The number of methoxy groups -OCH3 is 2.